The highest BCUT2D eigenvalue weighted by atomic mass is 32.2. The number of hydrogen-bond donors (Lipinski definition) is 4. The Balaban J connectivity index is 2.07. The summed E-state index contributed by atoms with van der Waals surface area (Å²) in [7, 11) is -6.13. The van der Waals surface area contributed by atoms with Gasteiger partial charge in [-0.15, -0.1) is 0 Å². The summed E-state index contributed by atoms with van der Waals surface area (Å²) in [6.45, 7) is 22.8. The van der Waals surface area contributed by atoms with Gasteiger partial charge in [0.2, 0.25) is 17.7 Å². The van der Waals surface area contributed by atoms with Crippen LogP contribution in [0.4, 0.5) is 0 Å². The molecule has 1 aliphatic rings. The standard InChI is InChI=1S/C45H77N5O6SSi/c1-12-13-24-47-42(52)37(32(2)3)28-40(56-58(10,11)45(7,8)9)38(26-34-22-18-15-19-23-34)49-43(53)39(27-36-29-46-31-48-36)50-41(51)35(25-33-20-16-14-17-21-33)30-57(54,55)44(4,5)6/h14,16-17,20-21,29,31-32,34-35,37-40H,12-13,15,18-19,22-28,30H2,1-11H3,(H,46,48)(H,47,52)(H,49,53)(H,50,51)/t35-,37-,38-,39-,40-/m0/s1. The molecule has 1 fully saturated rings. The summed E-state index contributed by atoms with van der Waals surface area (Å²) in [4.78, 5) is 50.3. The van der Waals surface area contributed by atoms with E-state index in [0.717, 1.165) is 44.1 Å². The van der Waals surface area contributed by atoms with E-state index >= 15 is 0 Å². The molecule has 0 aliphatic heterocycles. The lowest BCUT2D eigenvalue weighted by atomic mass is 9.81. The smallest absolute Gasteiger partial charge is 0.243 e. The van der Waals surface area contributed by atoms with Crippen molar-refractivity contribution in [2.24, 2.45) is 23.7 Å². The number of sulfone groups is 1. The molecular formula is C45H77N5O6SSi. The number of aromatic nitrogens is 2. The molecule has 0 spiro atoms. The predicted molar refractivity (Wildman–Crippen MR) is 237 cm³/mol. The molecule has 0 radical (unpaired) electrons. The molecule has 11 nitrogen and oxygen atoms in total. The van der Waals surface area contributed by atoms with Crippen molar-refractivity contribution in [2.75, 3.05) is 12.3 Å². The SMILES string of the molecule is CCCCNC(=O)[C@@H](C[C@H](O[Si](C)(C)C(C)(C)C)[C@H](CC1CCCCC1)NC(=O)[C@H](Cc1cnc[nH]1)NC(=O)[C@@H](Cc1ccccc1)CS(=O)(=O)C(C)(C)C)C(C)C. The zero-order chi connectivity index (χ0) is 43.3. The largest absolute Gasteiger partial charge is 0.412 e. The molecular weight excluding hydrogens is 767 g/mol. The summed E-state index contributed by atoms with van der Waals surface area (Å²) < 4.78 is 33.4. The lowest BCUT2D eigenvalue weighted by molar-refractivity contribution is -0.132. The summed E-state index contributed by atoms with van der Waals surface area (Å²) in [5, 5.41) is 9.48. The van der Waals surface area contributed by atoms with Gasteiger partial charge in [0.15, 0.2) is 18.2 Å². The van der Waals surface area contributed by atoms with Crippen LogP contribution < -0.4 is 16.0 Å². The molecule has 0 unspecified atom stereocenters. The number of rotatable bonds is 22. The van der Waals surface area contributed by atoms with Crippen molar-refractivity contribution in [3.05, 3.63) is 54.1 Å². The van der Waals surface area contributed by atoms with Crippen molar-refractivity contribution in [1.82, 2.24) is 25.9 Å². The van der Waals surface area contributed by atoms with Gasteiger partial charge < -0.3 is 25.4 Å². The van der Waals surface area contributed by atoms with E-state index in [1.54, 1.807) is 27.0 Å². The molecule has 328 valence electrons. The fourth-order valence-corrected chi connectivity index (χ4v) is 10.1. The van der Waals surface area contributed by atoms with Crippen molar-refractivity contribution < 1.29 is 27.2 Å². The maximum Gasteiger partial charge on any atom is 0.243 e. The number of nitrogens with one attached hydrogen (secondary N) is 4. The van der Waals surface area contributed by atoms with Crippen molar-refractivity contribution in [3.63, 3.8) is 0 Å². The molecule has 58 heavy (non-hydrogen) atoms. The van der Waals surface area contributed by atoms with Crippen molar-refractivity contribution in [2.45, 2.75) is 174 Å². The topological polar surface area (TPSA) is 159 Å². The van der Waals surface area contributed by atoms with Crippen LogP contribution in [-0.4, -0.2) is 79.7 Å². The first-order valence-corrected chi connectivity index (χ1v) is 26.4. The number of benzene rings is 1. The third kappa shape index (κ3) is 15.2. The Labute approximate surface area is 351 Å². The Morgan fingerprint density at radius 3 is 2.14 bits per heavy atom. The summed E-state index contributed by atoms with van der Waals surface area (Å²) in [5.41, 5.74) is 1.49. The normalized spacial score (nSPS) is 17.2. The first kappa shape index (κ1) is 49.3. The molecule has 1 aliphatic carbocycles. The number of carbonyl (C=O) groups is 3. The second-order valence-corrected chi connectivity index (χ2v) is 27.2. The van der Waals surface area contributed by atoms with Crippen LogP contribution in [0.2, 0.25) is 18.1 Å². The quantitative estimate of drug-likeness (QED) is 0.0692. The number of unbranched alkanes of at least 4 members (excludes halogenated alkanes) is 1. The van der Waals surface area contributed by atoms with Gasteiger partial charge in [0.25, 0.3) is 0 Å². The third-order valence-electron chi connectivity index (χ3n) is 12.5. The number of aromatic amines is 1. The molecule has 1 saturated carbocycles. The Morgan fingerprint density at radius 1 is 0.931 bits per heavy atom. The van der Waals surface area contributed by atoms with E-state index in [0.29, 0.717) is 31.0 Å². The van der Waals surface area contributed by atoms with Gasteiger partial charge in [0.05, 0.1) is 34.9 Å². The zero-order valence-corrected chi connectivity index (χ0v) is 39.4. The fraction of sp³-hybridized carbons (Fsp3) is 0.733. The summed E-state index contributed by atoms with van der Waals surface area (Å²) in [5.74, 6) is -2.09. The highest BCUT2D eigenvalue weighted by Gasteiger charge is 2.44. The Bertz CT molecular complexity index is 1660. The van der Waals surface area contributed by atoms with Crippen LogP contribution in [0.1, 0.15) is 131 Å². The second-order valence-electron chi connectivity index (χ2n) is 19.6. The van der Waals surface area contributed by atoms with E-state index in [2.05, 4.69) is 80.6 Å². The zero-order valence-electron chi connectivity index (χ0n) is 37.6. The molecule has 0 saturated heterocycles. The van der Waals surface area contributed by atoms with E-state index < -0.39 is 52.9 Å². The molecule has 3 amide bonds. The lowest BCUT2D eigenvalue weighted by Gasteiger charge is -2.43. The van der Waals surface area contributed by atoms with E-state index in [9.17, 15) is 22.8 Å². The van der Waals surface area contributed by atoms with Gasteiger partial charge in [-0.25, -0.2) is 13.4 Å². The van der Waals surface area contributed by atoms with Crippen LogP contribution in [0.5, 0.6) is 0 Å². The molecule has 3 rings (SSSR count). The highest BCUT2D eigenvalue weighted by Crippen LogP contribution is 2.40. The molecule has 13 heteroatoms. The van der Waals surface area contributed by atoms with Gasteiger partial charge in [-0.05, 0) is 82.0 Å². The molecule has 1 heterocycles. The average molecular weight is 844 g/mol. The summed E-state index contributed by atoms with van der Waals surface area (Å²) in [6, 6.07) is 7.90. The van der Waals surface area contributed by atoms with Crippen LogP contribution >= 0.6 is 0 Å². The van der Waals surface area contributed by atoms with Gasteiger partial charge in [-0.2, -0.15) is 0 Å². The van der Waals surface area contributed by atoms with E-state index in [1.807, 2.05) is 30.3 Å². The van der Waals surface area contributed by atoms with Gasteiger partial charge in [0, 0.05) is 30.8 Å². The monoisotopic (exact) mass is 844 g/mol. The maximum absolute atomic E-state index is 14.9. The summed E-state index contributed by atoms with van der Waals surface area (Å²) >= 11 is 0. The minimum atomic E-state index is -3.70. The minimum absolute atomic E-state index is 0.00840. The number of H-pyrrole nitrogens is 1. The van der Waals surface area contributed by atoms with E-state index in [1.165, 1.54) is 12.7 Å². The predicted octanol–water partition coefficient (Wildman–Crippen LogP) is 7.93. The van der Waals surface area contributed by atoms with Crippen molar-refractivity contribution >= 4 is 35.9 Å². The molecule has 5 atom stereocenters. The molecule has 1 aromatic heterocycles. The summed E-state index contributed by atoms with van der Waals surface area (Å²) in [6.07, 6.45) is 11.6. The number of nitrogens with zero attached hydrogens (tertiary/aromatic N) is 1. The molecule has 2 aromatic rings. The number of hydrogen-bond acceptors (Lipinski definition) is 7. The van der Waals surface area contributed by atoms with Crippen LogP contribution in [0.15, 0.2) is 42.9 Å². The van der Waals surface area contributed by atoms with Gasteiger partial charge >= 0.3 is 0 Å². The third-order valence-corrected chi connectivity index (χ3v) is 19.7. The Kier molecular flexibility index (Phi) is 18.7. The van der Waals surface area contributed by atoms with Crippen molar-refractivity contribution in [3.8, 4) is 0 Å². The fourth-order valence-electron chi connectivity index (χ4n) is 7.43. The van der Waals surface area contributed by atoms with Crippen LogP contribution in [0.3, 0.4) is 0 Å². The van der Waals surface area contributed by atoms with Gasteiger partial charge in [0.1, 0.15) is 6.04 Å². The first-order chi connectivity index (χ1) is 27.0. The number of amides is 3. The lowest BCUT2D eigenvalue weighted by Crippen LogP contribution is -2.58. The van der Waals surface area contributed by atoms with Gasteiger partial charge in [-0.3, -0.25) is 14.4 Å². The van der Waals surface area contributed by atoms with Crippen LogP contribution in [-0.2, 0) is 41.5 Å². The van der Waals surface area contributed by atoms with Crippen LogP contribution in [0.25, 0.3) is 0 Å². The maximum atomic E-state index is 14.9. The minimum Gasteiger partial charge on any atom is -0.412 e. The number of imidazole rings is 1. The first-order valence-electron chi connectivity index (χ1n) is 21.8. The van der Waals surface area contributed by atoms with Gasteiger partial charge in [-0.1, -0.05) is 110 Å². The average Bonchev–Trinajstić information content (AvgIpc) is 3.65. The van der Waals surface area contributed by atoms with Crippen molar-refractivity contribution in [1.29, 1.82) is 0 Å². The Hall–Kier alpha value is -3.03. The molecule has 0 bridgehead atoms. The molecule has 4 N–H and O–H groups in total. The van der Waals surface area contributed by atoms with E-state index in [-0.39, 0.29) is 47.3 Å². The highest BCUT2D eigenvalue weighted by molar-refractivity contribution is 7.92. The van der Waals surface area contributed by atoms with Crippen LogP contribution in [0, 0.1) is 23.7 Å². The second kappa shape index (κ2) is 22.0. The Morgan fingerprint density at radius 2 is 1.59 bits per heavy atom. The molecule has 1 aromatic carbocycles. The van der Waals surface area contributed by atoms with E-state index in [4.69, 9.17) is 4.43 Å². The number of carbonyl (C=O) groups excluding carboxylic acids is 3.